The van der Waals surface area contributed by atoms with E-state index in [1.807, 2.05) is 6.07 Å². The smallest absolute Gasteiger partial charge is 0.292 e. The Morgan fingerprint density at radius 2 is 1.86 bits per heavy atom. The Labute approximate surface area is 128 Å². The summed E-state index contributed by atoms with van der Waals surface area (Å²) in [5, 5.41) is 10.9. The number of hydrogen-bond donors (Lipinski definition) is 1. The van der Waals surface area contributed by atoms with Gasteiger partial charge in [-0.2, -0.15) is 0 Å². The number of anilines is 1. The van der Waals surface area contributed by atoms with Gasteiger partial charge in [0.15, 0.2) is 0 Å². The van der Waals surface area contributed by atoms with Gasteiger partial charge in [0.25, 0.3) is 5.69 Å². The predicted molar refractivity (Wildman–Crippen MR) is 87.6 cm³/mol. The van der Waals surface area contributed by atoms with Crippen LogP contribution < -0.4 is 5.73 Å². The summed E-state index contributed by atoms with van der Waals surface area (Å²) in [6.07, 6.45) is 0. The summed E-state index contributed by atoms with van der Waals surface area (Å²) < 4.78 is 0. The highest BCUT2D eigenvalue weighted by Gasteiger charge is 2.11. The lowest BCUT2D eigenvalue weighted by Crippen LogP contribution is -1.96. The van der Waals surface area contributed by atoms with Crippen molar-refractivity contribution in [2.75, 3.05) is 5.73 Å². The van der Waals surface area contributed by atoms with E-state index in [2.05, 4.69) is 38.1 Å². The number of benzene rings is 2. The molecule has 21 heavy (non-hydrogen) atoms. The third kappa shape index (κ3) is 3.98. The van der Waals surface area contributed by atoms with Crippen LogP contribution in [0.1, 0.15) is 30.9 Å². The lowest BCUT2D eigenvalue weighted by atomic mass is 10.0. The van der Waals surface area contributed by atoms with Crippen molar-refractivity contribution in [1.29, 1.82) is 0 Å². The lowest BCUT2D eigenvalue weighted by Gasteiger charge is -2.07. The number of nitrogens with two attached hydrogens (primary N) is 1. The van der Waals surface area contributed by atoms with E-state index in [9.17, 15) is 10.1 Å². The second-order valence-electron chi connectivity index (χ2n) is 5.16. The summed E-state index contributed by atoms with van der Waals surface area (Å²) in [4.78, 5) is 11.6. The maximum atomic E-state index is 10.9. The first kappa shape index (κ1) is 15.4. The van der Waals surface area contributed by atoms with Crippen LogP contribution in [0.5, 0.6) is 0 Å². The average molecular weight is 302 g/mol. The molecule has 2 aromatic rings. The molecule has 4 nitrogen and oxygen atoms in total. The molecule has 0 aliphatic rings. The van der Waals surface area contributed by atoms with Gasteiger partial charge < -0.3 is 5.73 Å². The van der Waals surface area contributed by atoms with Crippen LogP contribution in [-0.4, -0.2) is 4.92 Å². The fourth-order valence-corrected chi connectivity index (χ4v) is 2.79. The minimum atomic E-state index is -0.444. The molecule has 0 atom stereocenters. The number of nitro benzene ring substituents is 1. The largest absolute Gasteiger partial charge is 0.393 e. The number of thioether (sulfide) groups is 1. The fraction of sp³-hybridized carbons (Fsp3) is 0.250. The van der Waals surface area contributed by atoms with Gasteiger partial charge in [0.2, 0.25) is 0 Å². The number of hydrogen-bond acceptors (Lipinski definition) is 4. The predicted octanol–water partition coefficient (Wildman–Crippen LogP) is 4.59. The highest BCUT2D eigenvalue weighted by Crippen LogP contribution is 2.28. The van der Waals surface area contributed by atoms with Crippen molar-refractivity contribution < 1.29 is 4.92 Å². The molecule has 0 spiro atoms. The van der Waals surface area contributed by atoms with Gasteiger partial charge in [-0.1, -0.05) is 32.0 Å². The van der Waals surface area contributed by atoms with Gasteiger partial charge in [0.1, 0.15) is 5.69 Å². The van der Waals surface area contributed by atoms with Gasteiger partial charge in [-0.25, -0.2) is 0 Å². The monoisotopic (exact) mass is 302 g/mol. The minimum Gasteiger partial charge on any atom is -0.393 e. The zero-order chi connectivity index (χ0) is 15.4. The molecule has 0 aromatic heterocycles. The Kier molecular flexibility index (Phi) is 4.85. The molecule has 0 heterocycles. The van der Waals surface area contributed by atoms with E-state index in [0.717, 1.165) is 10.5 Å². The van der Waals surface area contributed by atoms with E-state index in [1.54, 1.807) is 23.9 Å². The Balaban J connectivity index is 2.06. The molecule has 0 aliphatic heterocycles. The highest BCUT2D eigenvalue weighted by atomic mass is 32.2. The van der Waals surface area contributed by atoms with Gasteiger partial charge in [-0.15, -0.1) is 11.8 Å². The average Bonchev–Trinajstić information content (AvgIpc) is 2.46. The fourth-order valence-electron chi connectivity index (χ4n) is 1.95. The molecule has 0 unspecified atom stereocenters. The standard InChI is InChI=1S/C16H18N2O2S/c1-11(2)13-4-6-14(7-5-13)21-10-12-3-8-15(17)16(9-12)18(19)20/h3-9,11H,10,17H2,1-2H3. The van der Waals surface area contributed by atoms with Crippen molar-refractivity contribution in [2.45, 2.75) is 30.4 Å². The van der Waals surface area contributed by atoms with Crippen LogP contribution in [0.2, 0.25) is 0 Å². The molecule has 5 heteroatoms. The van der Waals surface area contributed by atoms with Crippen molar-refractivity contribution >= 4 is 23.1 Å². The second-order valence-corrected chi connectivity index (χ2v) is 6.21. The van der Waals surface area contributed by atoms with Crippen molar-refractivity contribution in [2.24, 2.45) is 0 Å². The Hall–Kier alpha value is -2.01. The zero-order valence-electron chi connectivity index (χ0n) is 12.1. The van der Waals surface area contributed by atoms with Crippen molar-refractivity contribution in [3.05, 3.63) is 63.7 Å². The first-order valence-electron chi connectivity index (χ1n) is 6.73. The van der Waals surface area contributed by atoms with E-state index < -0.39 is 4.92 Å². The second kappa shape index (κ2) is 6.63. The van der Waals surface area contributed by atoms with Crippen LogP contribution in [-0.2, 0) is 5.75 Å². The summed E-state index contributed by atoms with van der Waals surface area (Å²) in [5.41, 5.74) is 7.98. The molecule has 0 bridgehead atoms. The molecular formula is C16H18N2O2S. The Morgan fingerprint density at radius 1 is 1.19 bits per heavy atom. The molecule has 2 aromatic carbocycles. The minimum absolute atomic E-state index is 0.0248. The van der Waals surface area contributed by atoms with Gasteiger partial charge in [-0.05, 0) is 35.2 Å². The number of nitrogen functional groups attached to an aromatic ring is 1. The topological polar surface area (TPSA) is 69.2 Å². The molecule has 0 saturated carbocycles. The maximum absolute atomic E-state index is 10.9. The zero-order valence-corrected chi connectivity index (χ0v) is 12.9. The molecule has 0 radical (unpaired) electrons. The SMILES string of the molecule is CC(C)c1ccc(SCc2ccc(N)c([N+](=O)[O-])c2)cc1. The van der Waals surface area contributed by atoms with Crippen LogP contribution in [0, 0.1) is 10.1 Å². The third-order valence-corrected chi connectivity index (χ3v) is 4.33. The number of nitrogens with zero attached hydrogens (tertiary/aromatic N) is 1. The lowest BCUT2D eigenvalue weighted by molar-refractivity contribution is -0.383. The van der Waals surface area contributed by atoms with Gasteiger partial charge >= 0.3 is 0 Å². The Morgan fingerprint density at radius 3 is 2.43 bits per heavy atom. The van der Waals surface area contributed by atoms with E-state index in [0.29, 0.717) is 11.7 Å². The van der Waals surface area contributed by atoms with E-state index in [4.69, 9.17) is 5.73 Å². The van der Waals surface area contributed by atoms with Gasteiger partial charge in [-0.3, -0.25) is 10.1 Å². The van der Waals surface area contributed by atoms with Gasteiger partial charge in [0.05, 0.1) is 4.92 Å². The van der Waals surface area contributed by atoms with Crippen LogP contribution in [0.4, 0.5) is 11.4 Å². The molecule has 0 aliphatic carbocycles. The molecule has 110 valence electrons. The van der Waals surface area contributed by atoms with E-state index in [-0.39, 0.29) is 11.4 Å². The van der Waals surface area contributed by atoms with E-state index >= 15 is 0 Å². The third-order valence-electron chi connectivity index (χ3n) is 3.24. The molecule has 0 fully saturated rings. The normalized spacial score (nSPS) is 10.8. The van der Waals surface area contributed by atoms with Crippen LogP contribution in [0.3, 0.4) is 0 Å². The Bertz CT molecular complexity index is 639. The molecule has 0 saturated heterocycles. The van der Waals surface area contributed by atoms with Crippen molar-refractivity contribution in [3.63, 3.8) is 0 Å². The first-order chi connectivity index (χ1) is 9.97. The van der Waals surface area contributed by atoms with Crippen LogP contribution in [0.25, 0.3) is 0 Å². The molecular weight excluding hydrogens is 284 g/mol. The number of rotatable bonds is 5. The van der Waals surface area contributed by atoms with Crippen LogP contribution >= 0.6 is 11.8 Å². The molecule has 2 rings (SSSR count). The van der Waals surface area contributed by atoms with Crippen molar-refractivity contribution in [3.8, 4) is 0 Å². The maximum Gasteiger partial charge on any atom is 0.292 e. The molecule has 2 N–H and O–H groups in total. The first-order valence-corrected chi connectivity index (χ1v) is 7.71. The summed E-state index contributed by atoms with van der Waals surface area (Å²) in [6, 6.07) is 13.4. The van der Waals surface area contributed by atoms with Crippen LogP contribution in [0.15, 0.2) is 47.4 Å². The summed E-state index contributed by atoms with van der Waals surface area (Å²) >= 11 is 1.66. The quantitative estimate of drug-likeness (QED) is 0.379. The molecule has 0 amide bonds. The van der Waals surface area contributed by atoms with Gasteiger partial charge in [0, 0.05) is 16.7 Å². The summed E-state index contributed by atoms with van der Waals surface area (Å²) in [7, 11) is 0. The summed E-state index contributed by atoms with van der Waals surface area (Å²) in [5.74, 6) is 1.20. The van der Waals surface area contributed by atoms with Crippen molar-refractivity contribution in [1.82, 2.24) is 0 Å². The number of nitro groups is 1. The van der Waals surface area contributed by atoms with E-state index in [1.165, 1.54) is 5.56 Å². The highest BCUT2D eigenvalue weighted by molar-refractivity contribution is 7.98. The summed E-state index contributed by atoms with van der Waals surface area (Å²) in [6.45, 7) is 4.32.